The second-order valence-electron chi connectivity index (χ2n) is 9.15. The topological polar surface area (TPSA) is 149 Å². The van der Waals surface area contributed by atoms with E-state index in [4.69, 9.17) is 14.2 Å². The Hall–Kier alpha value is -5.07. The summed E-state index contributed by atoms with van der Waals surface area (Å²) in [6, 6.07) is 26.0. The number of ether oxygens (including phenoxy) is 3. The summed E-state index contributed by atoms with van der Waals surface area (Å²) in [6.45, 7) is 2.50. The standard InChI is InChI=1S/C31H35N7O5/c1-41-27(39)22-23-12-14-26(15-13-23)35-31-37-29(36-30(38-31)34-25-10-6-3-7-11-25)33-17-19-43-21-20-42-18-16-32-28(40)24-8-4-2-5-9-24/h2-15H,16-22H2,1H3,(H,32,40)(H3,33,34,35,36,37,38). The van der Waals surface area contributed by atoms with E-state index >= 15 is 0 Å². The highest BCUT2D eigenvalue weighted by atomic mass is 16.5. The third kappa shape index (κ3) is 11.0. The normalized spacial score (nSPS) is 10.5. The molecule has 4 N–H and O–H groups in total. The van der Waals surface area contributed by atoms with Crippen molar-refractivity contribution in [2.75, 3.05) is 62.6 Å². The number of carbonyl (C=O) groups is 2. The van der Waals surface area contributed by atoms with Crippen molar-refractivity contribution in [3.63, 3.8) is 0 Å². The first kappa shape index (κ1) is 30.9. The molecule has 12 nitrogen and oxygen atoms in total. The second kappa shape index (κ2) is 17.0. The van der Waals surface area contributed by atoms with Gasteiger partial charge in [0.05, 0.1) is 40.0 Å². The van der Waals surface area contributed by atoms with Crippen LogP contribution in [0.2, 0.25) is 0 Å². The first-order valence-corrected chi connectivity index (χ1v) is 13.8. The van der Waals surface area contributed by atoms with Crippen LogP contribution in [0.1, 0.15) is 15.9 Å². The predicted molar refractivity (Wildman–Crippen MR) is 164 cm³/mol. The van der Waals surface area contributed by atoms with Crippen LogP contribution in [0, 0.1) is 0 Å². The molecule has 1 amide bonds. The summed E-state index contributed by atoms with van der Waals surface area (Å²) in [4.78, 5) is 37.0. The van der Waals surface area contributed by atoms with Crippen LogP contribution >= 0.6 is 0 Å². The molecule has 43 heavy (non-hydrogen) atoms. The minimum atomic E-state index is -0.299. The van der Waals surface area contributed by atoms with Gasteiger partial charge in [-0.05, 0) is 42.0 Å². The highest BCUT2D eigenvalue weighted by Crippen LogP contribution is 2.19. The molecule has 0 saturated heterocycles. The molecule has 12 heteroatoms. The number of benzene rings is 3. The number of para-hydroxylation sites is 1. The monoisotopic (exact) mass is 585 g/mol. The Morgan fingerprint density at radius 1 is 0.651 bits per heavy atom. The molecule has 4 aromatic rings. The van der Waals surface area contributed by atoms with Crippen molar-refractivity contribution in [1.82, 2.24) is 20.3 Å². The number of amides is 1. The summed E-state index contributed by atoms with van der Waals surface area (Å²) in [5, 5.41) is 12.4. The number of anilines is 5. The van der Waals surface area contributed by atoms with Gasteiger partial charge in [-0.1, -0.05) is 48.5 Å². The molecule has 0 unspecified atom stereocenters. The first-order valence-electron chi connectivity index (χ1n) is 13.8. The van der Waals surface area contributed by atoms with Crippen LogP contribution in [-0.2, 0) is 25.4 Å². The van der Waals surface area contributed by atoms with Gasteiger partial charge in [-0.2, -0.15) is 15.0 Å². The van der Waals surface area contributed by atoms with Gasteiger partial charge in [0.1, 0.15) is 0 Å². The summed E-state index contributed by atoms with van der Waals surface area (Å²) < 4.78 is 15.9. The number of carbonyl (C=O) groups excluding carboxylic acids is 2. The van der Waals surface area contributed by atoms with Gasteiger partial charge in [0, 0.05) is 30.0 Å². The van der Waals surface area contributed by atoms with Crippen LogP contribution in [0.3, 0.4) is 0 Å². The molecule has 0 atom stereocenters. The van der Waals surface area contributed by atoms with Gasteiger partial charge in [0.2, 0.25) is 17.8 Å². The van der Waals surface area contributed by atoms with Gasteiger partial charge in [-0.15, -0.1) is 0 Å². The van der Waals surface area contributed by atoms with E-state index in [1.54, 1.807) is 12.1 Å². The van der Waals surface area contributed by atoms with Crippen molar-refractivity contribution in [1.29, 1.82) is 0 Å². The number of methoxy groups -OCH3 is 1. The maximum Gasteiger partial charge on any atom is 0.309 e. The maximum atomic E-state index is 12.0. The third-order valence-corrected chi connectivity index (χ3v) is 5.92. The van der Waals surface area contributed by atoms with E-state index in [2.05, 4.69) is 36.2 Å². The van der Waals surface area contributed by atoms with E-state index in [1.807, 2.05) is 72.8 Å². The maximum absolute atomic E-state index is 12.0. The fourth-order valence-corrected chi connectivity index (χ4v) is 3.78. The zero-order valence-electron chi connectivity index (χ0n) is 23.9. The molecule has 0 radical (unpaired) electrons. The average Bonchev–Trinajstić information content (AvgIpc) is 3.03. The largest absolute Gasteiger partial charge is 0.469 e. The molecule has 224 valence electrons. The van der Waals surface area contributed by atoms with Gasteiger partial charge in [-0.3, -0.25) is 9.59 Å². The fraction of sp³-hybridized carbons (Fsp3) is 0.258. The lowest BCUT2D eigenvalue weighted by molar-refractivity contribution is -0.139. The summed E-state index contributed by atoms with van der Waals surface area (Å²) in [5.41, 5.74) is 3.04. The van der Waals surface area contributed by atoms with Crippen molar-refractivity contribution in [3.05, 3.63) is 96.1 Å². The Bertz CT molecular complexity index is 1420. The van der Waals surface area contributed by atoms with E-state index in [-0.39, 0.29) is 18.3 Å². The van der Waals surface area contributed by atoms with Gasteiger partial charge < -0.3 is 35.5 Å². The lowest BCUT2D eigenvalue weighted by Gasteiger charge is -2.12. The summed E-state index contributed by atoms with van der Waals surface area (Å²) in [5.74, 6) is 0.644. The van der Waals surface area contributed by atoms with Gasteiger partial charge in [-0.25, -0.2) is 0 Å². The number of nitrogens with zero attached hydrogens (tertiary/aromatic N) is 3. The lowest BCUT2D eigenvalue weighted by Crippen LogP contribution is -2.27. The van der Waals surface area contributed by atoms with Crippen LogP contribution in [-0.4, -0.2) is 73.5 Å². The molecular weight excluding hydrogens is 550 g/mol. The molecule has 3 aromatic carbocycles. The van der Waals surface area contributed by atoms with E-state index in [0.29, 0.717) is 62.9 Å². The quantitative estimate of drug-likeness (QED) is 0.105. The molecular formula is C31H35N7O5. The van der Waals surface area contributed by atoms with Crippen molar-refractivity contribution in [3.8, 4) is 0 Å². The summed E-state index contributed by atoms with van der Waals surface area (Å²) in [6.07, 6.45) is 0.197. The SMILES string of the molecule is COC(=O)Cc1ccc(Nc2nc(NCCOCCOCCNC(=O)c3ccccc3)nc(Nc3ccccc3)n2)cc1. The molecule has 0 bridgehead atoms. The van der Waals surface area contributed by atoms with Gasteiger partial charge in [0.15, 0.2) is 0 Å². The molecule has 0 spiro atoms. The van der Waals surface area contributed by atoms with Crippen molar-refractivity contribution in [2.24, 2.45) is 0 Å². The highest BCUT2D eigenvalue weighted by Gasteiger charge is 2.09. The Kier molecular flexibility index (Phi) is 12.2. The Labute approximate surface area is 250 Å². The van der Waals surface area contributed by atoms with E-state index in [9.17, 15) is 9.59 Å². The smallest absolute Gasteiger partial charge is 0.309 e. The van der Waals surface area contributed by atoms with E-state index in [1.165, 1.54) is 7.11 Å². The van der Waals surface area contributed by atoms with Crippen LogP contribution in [0.4, 0.5) is 29.2 Å². The molecule has 1 aromatic heterocycles. The molecule has 1 heterocycles. The van der Waals surface area contributed by atoms with Crippen molar-refractivity contribution < 1.29 is 23.8 Å². The molecule has 0 aliphatic rings. The van der Waals surface area contributed by atoms with Gasteiger partial charge in [0.25, 0.3) is 5.91 Å². The molecule has 0 fully saturated rings. The molecule has 4 rings (SSSR count). The molecule has 0 aliphatic carbocycles. The van der Waals surface area contributed by atoms with Gasteiger partial charge >= 0.3 is 5.97 Å². The number of aromatic nitrogens is 3. The van der Waals surface area contributed by atoms with Crippen LogP contribution in [0.25, 0.3) is 0 Å². The third-order valence-electron chi connectivity index (χ3n) is 5.92. The minimum Gasteiger partial charge on any atom is -0.469 e. The average molecular weight is 586 g/mol. The summed E-state index contributed by atoms with van der Waals surface area (Å²) >= 11 is 0. The fourth-order valence-electron chi connectivity index (χ4n) is 3.78. The lowest BCUT2D eigenvalue weighted by atomic mass is 10.1. The van der Waals surface area contributed by atoms with Crippen LogP contribution in [0.5, 0.6) is 0 Å². The Balaban J connectivity index is 1.22. The summed E-state index contributed by atoms with van der Waals surface area (Å²) in [7, 11) is 1.37. The van der Waals surface area contributed by atoms with Crippen LogP contribution < -0.4 is 21.3 Å². The number of nitrogens with one attached hydrogen (secondary N) is 4. The second-order valence-corrected chi connectivity index (χ2v) is 9.15. The molecule has 0 aliphatic heterocycles. The molecule has 0 saturated carbocycles. The van der Waals surface area contributed by atoms with E-state index < -0.39 is 0 Å². The Morgan fingerprint density at radius 2 is 1.21 bits per heavy atom. The van der Waals surface area contributed by atoms with Crippen molar-refractivity contribution >= 4 is 41.1 Å². The zero-order valence-corrected chi connectivity index (χ0v) is 23.9. The first-order chi connectivity index (χ1) is 21.1. The number of hydrogen-bond donors (Lipinski definition) is 4. The van der Waals surface area contributed by atoms with Crippen LogP contribution in [0.15, 0.2) is 84.9 Å². The predicted octanol–water partition coefficient (Wildman–Crippen LogP) is 3.95. The highest BCUT2D eigenvalue weighted by molar-refractivity contribution is 5.94. The van der Waals surface area contributed by atoms with E-state index in [0.717, 1.165) is 16.9 Å². The van der Waals surface area contributed by atoms with Crippen molar-refractivity contribution in [2.45, 2.75) is 6.42 Å². The number of esters is 1. The minimum absolute atomic E-state index is 0.126. The zero-order chi connectivity index (χ0) is 30.1. The number of hydrogen-bond acceptors (Lipinski definition) is 11. The number of rotatable bonds is 17. The Morgan fingerprint density at radius 3 is 1.84 bits per heavy atom.